The zero-order chi connectivity index (χ0) is 12.8. The largest absolute Gasteiger partial charge is 0.481 e. The summed E-state index contributed by atoms with van der Waals surface area (Å²) < 4.78 is 1.04. The van der Waals surface area contributed by atoms with Crippen LogP contribution in [0.15, 0.2) is 11.4 Å². The SMILES string of the molecule is CCCC(CNC(=O)c1csc(I)c1)C(=O)O. The Morgan fingerprint density at radius 2 is 2.29 bits per heavy atom. The first-order valence-electron chi connectivity index (χ1n) is 5.29. The first kappa shape index (κ1) is 14.4. The average Bonchev–Trinajstić information content (AvgIpc) is 2.70. The molecular formula is C11H14INO3S. The third-order valence-electron chi connectivity index (χ3n) is 2.33. The number of nitrogens with one attached hydrogen (secondary N) is 1. The summed E-state index contributed by atoms with van der Waals surface area (Å²) in [5.74, 6) is -1.56. The van der Waals surface area contributed by atoms with E-state index < -0.39 is 11.9 Å². The van der Waals surface area contributed by atoms with E-state index in [2.05, 4.69) is 27.9 Å². The topological polar surface area (TPSA) is 66.4 Å². The number of carbonyl (C=O) groups is 2. The second kappa shape index (κ2) is 6.95. The Balaban J connectivity index is 2.49. The second-order valence-corrected chi connectivity index (χ2v) is 6.48. The fourth-order valence-electron chi connectivity index (χ4n) is 1.41. The van der Waals surface area contributed by atoms with Crippen molar-refractivity contribution in [1.29, 1.82) is 0 Å². The van der Waals surface area contributed by atoms with Gasteiger partial charge in [-0.2, -0.15) is 0 Å². The second-order valence-electron chi connectivity index (χ2n) is 3.67. The molecule has 0 aliphatic rings. The highest BCUT2D eigenvalue weighted by molar-refractivity contribution is 14.1. The summed E-state index contributed by atoms with van der Waals surface area (Å²) in [6.45, 7) is 2.12. The van der Waals surface area contributed by atoms with Crippen LogP contribution in [-0.4, -0.2) is 23.5 Å². The fraction of sp³-hybridized carbons (Fsp3) is 0.455. The highest BCUT2D eigenvalue weighted by Gasteiger charge is 2.17. The Hall–Kier alpha value is -0.630. The van der Waals surface area contributed by atoms with Gasteiger partial charge in [0.1, 0.15) is 0 Å². The van der Waals surface area contributed by atoms with Crippen molar-refractivity contribution in [2.75, 3.05) is 6.54 Å². The van der Waals surface area contributed by atoms with Crippen LogP contribution >= 0.6 is 33.9 Å². The molecule has 0 saturated carbocycles. The van der Waals surface area contributed by atoms with Gasteiger partial charge in [0.05, 0.1) is 14.4 Å². The van der Waals surface area contributed by atoms with Crippen molar-refractivity contribution in [3.8, 4) is 0 Å². The van der Waals surface area contributed by atoms with Gasteiger partial charge >= 0.3 is 5.97 Å². The summed E-state index contributed by atoms with van der Waals surface area (Å²) in [6.07, 6.45) is 1.37. The Morgan fingerprint density at radius 3 is 2.76 bits per heavy atom. The van der Waals surface area contributed by atoms with Crippen LogP contribution in [0.5, 0.6) is 0 Å². The molecule has 1 heterocycles. The summed E-state index contributed by atoms with van der Waals surface area (Å²) in [4.78, 5) is 22.6. The van der Waals surface area contributed by atoms with Crippen molar-refractivity contribution >= 4 is 45.8 Å². The van der Waals surface area contributed by atoms with Gasteiger partial charge in [-0.25, -0.2) is 0 Å². The molecule has 0 aromatic carbocycles. The molecule has 4 nitrogen and oxygen atoms in total. The van der Waals surface area contributed by atoms with E-state index in [9.17, 15) is 9.59 Å². The molecule has 94 valence electrons. The summed E-state index contributed by atoms with van der Waals surface area (Å²) in [5.41, 5.74) is 0.597. The van der Waals surface area contributed by atoms with Crippen LogP contribution in [0.4, 0.5) is 0 Å². The molecule has 1 rings (SSSR count). The normalized spacial score (nSPS) is 12.1. The molecule has 1 aromatic rings. The summed E-state index contributed by atoms with van der Waals surface area (Å²) >= 11 is 3.64. The van der Waals surface area contributed by atoms with Gasteiger partial charge in [-0.1, -0.05) is 13.3 Å². The number of halogens is 1. The van der Waals surface area contributed by atoms with Crippen molar-refractivity contribution in [2.45, 2.75) is 19.8 Å². The Morgan fingerprint density at radius 1 is 1.59 bits per heavy atom. The van der Waals surface area contributed by atoms with Crippen LogP contribution in [0.2, 0.25) is 0 Å². The third-order valence-corrected chi connectivity index (χ3v) is 4.11. The number of aliphatic carboxylic acids is 1. The van der Waals surface area contributed by atoms with Crippen molar-refractivity contribution < 1.29 is 14.7 Å². The summed E-state index contributed by atoms with van der Waals surface area (Å²) in [6, 6.07) is 1.79. The van der Waals surface area contributed by atoms with Crippen LogP contribution in [0.3, 0.4) is 0 Å². The number of carboxylic acid groups (broad SMARTS) is 1. The van der Waals surface area contributed by atoms with Crippen molar-refractivity contribution in [2.24, 2.45) is 5.92 Å². The maximum atomic E-state index is 11.7. The van der Waals surface area contributed by atoms with E-state index in [-0.39, 0.29) is 12.5 Å². The van der Waals surface area contributed by atoms with Crippen LogP contribution in [-0.2, 0) is 4.79 Å². The standard InChI is InChI=1S/C11H14INO3S/c1-2-3-7(11(15)16)5-13-10(14)8-4-9(12)17-6-8/h4,6-7H,2-3,5H2,1H3,(H,13,14)(H,15,16). The maximum Gasteiger partial charge on any atom is 0.308 e. The molecule has 0 saturated heterocycles. The minimum absolute atomic E-state index is 0.189. The molecule has 0 fully saturated rings. The number of carboxylic acids is 1. The summed E-state index contributed by atoms with van der Waals surface area (Å²) in [5, 5.41) is 13.4. The number of hydrogen-bond donors (Lipinski definition) is 2. The van der Waals surface area contributed by atoms with Gasteiger partial charge in [0, 0.05) is 11.9 Å². The van der Waals surface area contributed by atoms with Gasteiger partial charge in [-0.15, -0.1) is 11.3 Å². The number of thiophene rings is 1. The third kappa shape index (κ3) is 4.63. The van der Waals surface area contributed by atoms with Crippen molar-refractivity contribution in [3.63, 3.8) is 0 Å². The smallest absolute Gasteiger partial charge is 0.308 e. The molecule has 0 aliphatic carbocycles. The molecule has 0 spiro atoms. The molecule has 1 amide bonds. The molecule has 17 heavy (non-hydrogen) atoms. The number of amides is 1. The molecule has 1 atom stereocenters. The minimum atomic E-state index is -0.855. The molecule has 0 bridgehead atoms. The lowest BCUT2D eigenvalue weighted by Crippen LogP contribution is -2.32. The molecule has 0 aliphatic heterocycles. The maximum absolute atomic E-state index is 11.7. The zero-order valence-corrected chi connectivity index (χ0v) is 12.4. The predicted molar refractivity (Wildman–Crippen MR) is 75.4 cm³/mol. The van der Waals surface area contributed by atoms with E-state index in [1.165, 1.54) is 11.3 Å². The lowest BCUT2D eigenvalue weighted by Gasteiger charge is -2.11. The number of carbonyl (C=O) groups excluding carboxylic acids is 1. The fourth-order valence-corrected chi connectivity index (χ4v) is 2.73. The van der Waals surface area contributed by atoms with Gasteiger partial charge in [0.25, 0.3) is 5.91 Å². The van der Waals surface area contributed by atoms with E-state index in [0.717, 1.165) is 9.30 Å². The molecule has 6 heteroatoms. The van der Waals surface area contributed by atoms with Crippen molar-refractivity contribution in [3.05, 3.63) is 19.9 Å². The van der Waals surface area contributed by atoms with Gasteiger partial charge in [-0.05, 0) is 35.1 Å². The monoisotopic (exact) mass is 367 g/mol. The highest BCUT2D eigenvalue weighted by atomic mass is 127. The Kier molecular flexibility index (Phi) is 5.90. The first-order valence-corrected chi connectivity index (χ1v) is 7.25. The highest BCUT2D eigenvalue weighted by Crippen LogP contribution is 2.16. The van der Waals surface area contributed by atoms with Gasteiger partial charge in [0.2, 0.25) is 0 Å². The molecule has 2 N–H and O–H groups in total. The van der Waals surface area contributed by atoms with Gasteiger partial charge < -0.3 is 10.4 Å². The molecule has 1 unspecified atom stereocenters. The lowest BCUT2D eigenvalue weighted by atomic mass is 10.0. The Labute approximate surface area is 118 Å². The number of rotatable bonds is 6. The van der Waals surface area contributed by atoms with Crippen LogP contribution in [0.1, 0.15) is 30.1 Å². The summed E-state index contributed by atoms with van der Waals surface area (Å²) in [7, 11) is 0. The van der Waals surface area contributed by atoms with E-state index in [1.807, 2.05) is 6.92 Å². The van der Waals surface area contributed by atoms with Crippen molar-refractivity contribution in [1.82, 2.24) is 5.32 Å². The van der Waals surface area contributed by atoms with E-state index in [1.54, 1.807) is 11.4 Å². The van der Waals surface area contributed by atoms with Gasteiger partial charge in [-0.3, -0.25) is 9.59 Å². The first-order chi connectivity index (χ1) is 8.04. The zero-order valence-electron chi connectivity index (χ0n) is 9.40. The Bertz CT molecular complexity index is 405. The minimum Gasteiger partial charge on any atom is -0.481 e. The molecular weight excluding hydrogens is 353 g/mol. The number of hydrogen-bond acceptors (Lipinski definition) is 3. The predicted octanol–water partition coefficient (Wildman–Crippen LogP) is 2.58. The lowest BCUT2D eigenvalue weighted by molar-refractivity contribution is -0.141. The average molecular weight is 367 g/mol. The van der Waals surface area contributed by atoms with E-state index >= 15 is 0 Å². The quantitative estimate of drug-likeness (QED) is 0.760. The van der Waals surface area contributed by atoms with Crippen LogP contribution < -0.4 is 5.32 Å². The van der Waals surface area contributed by atoms with E-state index in [0.29, 0.717) is 12.0 Å². The van der Waals surface area contributed by atoms with Crippen LogP contribution in [0.25, 0.3) is 0 Å². The van der Waals surface area contributed by atoms with E-state index in [4.69, 9.17) is 5.11 Å². The molecule has 0 radical (unpaired) electrons. The molecule has 1 aromatic heterocycles. The van der Waals surface area contributed by atoms with Gasteiger partial charge in [0.15, 0.2) is 0 Å². The van der Waals surface area contributed by atoms with Crippen LogP contribution in [0, 0.1) is 8.80 Å².